The number of carbonyl (C=O) groups is 2. The molecule has 0 aromatic heterocycles. The summed E-state index contributed by atoms with van der Waals surface area (Å²) < 4.78 is 0. The molecule has 1 rings (SSSR count). The Morgan fingerprint density at radius 3 is 2.23 bits per heavy atom. The lowest BCUT2D eigenvalue weighted by Gasteiger charge is -2.08. The number of allylic oxidation sites excluding steroid dienone is 3. The van der Waals surface area contributed by atoms with Crippen molar-refractivity contribution in [1.29, 1.82) is 0 Å². The molecule has 0 heterocycles. The third-order valence-electron chi connectivity index (χ3n) is 2.83. The summed E-state index contributed by atoms with van der Waals surface area (Å²) in [6, 6.07) is 9.52. The molecular formula is C18H24O4. The van der Waals surface area contributed by atoms with Gasteiger partial charge in [-0.2, -0.15) is 0 Å². The minimum absolute atomic E-state index is 0.0845. The Morgan fingerprint density at radius 1 is 1.14 bits per heavy atom. The van der Waals surface area contributed by atoms with Crippen LogP contribution in [0.5, 0.6) is 0 Å². The Hall–Kier alpha value is -2.36. The van der Waals surface area contributed by atoms with Crippen molar-refractivity contribution in [3.8, 4) is 0 Å². The molecule has 120 valence electrons. The van der Waals surface area contributed by atoms with E-state index in [-0.39, 0.29) is 18.8 Å². The first kappa shape index (κ1) is 19.6. The molecule has 22 heavy (non-hydrogen) atoms. The fourth-order valence-electron chi connectivity index (χ4n) is 1.72. The summed E-state index contributed by atoms with van der Waals surface area (Å²) in [6.45, 7) is 5.65. The van der Waals surface area contributed by atoms with Gasteiger partial charge in [-0.1, -0.05) is 55.5 Å². The van der Waals surface area contributed by atoms with Gasteiger partial charge in [0.1, 0.15) is 0 Å². The van der Waals surface area contributed by atoms with Gasteiger partial charge in [-0.15, -0.1) is 6.58 Å². The first-order valence-electron chi connectivity index (χ1n) is 7.27. The third-order valence-corrected chi connectivity index (χ3v) is 2.83. The van der Waals surface area contributed by atoms with Gasteiger partial charge in [0.2, 0.25) is 0 Å². The highest BCUT2D eigenvalue weighted by atomic mass is 16.4. The normalized spacial score (nSPS) is 11.3. The average molecular weight is 304 g/mol. The van der Waals surface area contributed by atoms with Crippen LogP contribution in [0.3, 0.4) is 0 Å². The number of aliphatic carboxylic acids is 2. The molecule has 0 spiro atoms. The highest BCUT2D eigenvalue weighted by Gasteiger charge is 2.10. The average Bonchev–Trinajstić information content (AvgIpc) is 2.50. The maximum absolute atomic E-state index is 10.5. The molecule has 0 aliphatic carbocycles. The van der Waals surface area contributed by atoms with Gasteiger partial charge in [-0.25, -0.2) is 0 Å². The van der Waals surface area contributed by atoms with Crippen molar-refractivity contribution in [1.82, 2.24) is 0 Å². The van der Waals surface area contributed by atoms with Crippen molar-refractivity contribution in [3.63, 3.8) is 0 Å². The van der Waals surface area contributed by atoms with Gasteiger partial charge in [0.15, 0.2) is 0 Å². The van der Waals surface area contributed by atoms with E-state index < -0.39 is 11.9 Å². The Kier molecular flexibility index (Phi) is 11.1. The molecular weight excluding hydrogens is 280 g/mol. The Morgan fingerprint density at radius 2 is 1.77 bits per heavy atom. The summed E-state index contributed by atoms with van der Waals surface area (Å²) in [5.74, 6) is -1.61. The molecule has 4 nitrogen and oxygen atoms in total. The van der Waals surface area contributed by atoms with Crippen LogP contribution in [0.2, 0.25) is 0 Å². The van der Waals surface area contributed by atoms with Crippen LogP contribution >= 0.6 is 0 Å². The predicted molar refractivity (Wildman–Crippen MR) is 87.9 cm³/mol. The number of carboxylic acids is 2. The van der Waals surface area contributed by atoms with Crippen LogP contribution in [-0.2, 0) is 9.59 Å². The van der Waals surface area contributed by atoms with E-state index in [0.29, 0.717) is 6.42 Å². The monoisotopic (exact) mass is 304 g/mol. The molecule has 0 aliphatic rings. The van der Waals surface area contributed by atoms with E-state index in [0.717, 1.165) is 12.0 Å². The van der Waals surface area contributed by atoms with E-state index in [1.165, 1.54) is 0 Å². The standard InChI is InChI=1S/C11H12O2.C7H12O2/c1-2-9(8-11(12)13)10-6-4-3-5-7-10;1-2-3-4-5-6-7(8)9/h2-7,9H,1,8H2,(H,12,13);3-4H,2,5-6H2,1H3,(H,8,9). The van der Waals surface area contributed by atoms with Crippen LogP contribution in [0.25, 0.3) is 0 Å². The zero-order chi connectivity index (χ0) is 16.8. The van der Waals surface area contributed by atoms with Crippen molar-refractivity contribution in [2.75, 3.05) is 0 Å². The second-order valence-electron chi connectivity index (χ2n) is 4.66. The number of benzene rings is 1. The maximum atomic E-state index is 10.5. The molecule has 0 bridgehead atoms. The molecule has 0 amide bonds. The molecule has 4 heteroatoms. The number of hydrogen-bond donors (Lipinski definition) is 2. The van der Waals surface area contributed by atoms with E-state index in [2.05, 4.69) is 6.58 Å². The van der Waals surface area contributed by atoms with Gasteiger partial charge in [-0.3, -0.25) is 9.59 Å². The van der Waals surface area contributed by atoms with Gasteiger partial charge >= 0.3 is 11.9 Å². The van der Waals surface area contributed by atoms with Crippen LogP contribution in [0.1, 0.15) is 44.1 Å². The Balaban J connectivity index is 0.000000433. The van der Waals surface area contributed by atoms with E-state index in [4.69, 9.17) is 10.2 Å². The van der Waals surface area contributed by atoms with Crippen molar-refractivity contribution < 1.29 is 19.8 Å². The third kappa shape index (κ3) is 10.4. The van der Waals surface area contributed by atoms with Gasteiger partial charge in [0, 0.05) is 12.3 Å². The highest BCUT2D eigenvalue weighted by Crippen LogP contribution is 2.19. The van der Waals surface area contributed by atoms with E-state index in [1.807, 2.05) is 49.4 Å². The highest BCUT2D eigenvalue weighted by molar-refractivity contribution is 5.68. The van der Waals surface area contributed by atoms with E-state index in [9.17, 15) is 9.59 Å². The summed E-state index contributed by atoms with van der Waals surface area (Å²) in [5.41, 5.74) is 1.000. The molecule has 0 aliphatic heterocycles. The van der Waals surface area contributed by atoms with E-state index in [1.54, 1.807) is 6.08 Å². The summed E-state index contributed by atoms with van der Waals surface area (Å²) in [6.07, 6.45) is 7.54. The lowest BCUT2D eigenvalue weighted by Crippen LogP contribution is -2.03. The SMILES string of the molecule is C=CC(CC(=O)O)c1ccccc1.CCC=CCCC(=O)O. The number of hydrogen-bond acceptors (Lipinski definition) is 2. The molecule has 0 saturated carbocycles. The van der Waals surface area contributed by atoms with Crippen LogP contribution in [0.15, 0.2) is 55.1 Å². The topological polar surface area (TPSA) is 74.6 Å². The maximum Gasteiger partial charge on any atom is 0.304 e. The zero-order valence-corrected chi connectivity index (χ0v) is 12.9. The summed E-state index contributed by atoms with van der Waals surface area (Å²) in [5, 5.41) is 16.8. The van der Waals surface area contributed by atoms with Crippen LogP contribution in [0.4, 0.5) is 0 Å². The summed E-state index contributed by atoms with van der Waals surface area (Å²) >= 11 is 0. The Bertz CT molecular complexity index is 477. The van der Waals surface area contributed by atoms with Crippen molar-refractivity contribution >= 4 is 11.9 Å². The smallest absolute Gasteiger partial charge is 0.304 e. The van der Waals surface area contributed by atoms with Crippen molar-refractivity contribution in [2.24, 2.45) is 0 Å². The Labute approximate surface area is 131 Å². The zero-order valence-electron chi connectivity index (χ0n) is 12.9. The van der Waals surface area contributed by atoms with Crippen LogP contribution in [-0.4, -0.2) is 22.2 Å². The minimum Gasteiger partial charge on any atom is -0.481 e. The fraction of sp³-hybridized carbons (Fsp3) is 0.333. The first-order valence-corrected chi connectivity index (χ1v) is 7.27. The van der Waals surface area contributed by atoms with Crippen LogP contribution < -0.4 is 0 Å². The quantitative estimate of drug-likeness (QED) is 0.704. The fourth-order valence-corrected chi connectivity index (χ4v) is 1.72. The predicted octanol–water partition coefficient (Wildman–Crippen LogP) is 4.25. The second kappa shape index (κ2) is 12.4. The molecule has 2 N–H and O–H groups in total. The number of carboxylic acid groups (broad SMARTS) is 2. The number of rotatable bonds is 8. The van der Waals surface area contributed by atoms with E-state index >= 15 is 0 Å². The molecule has 1 unspecified atom stereocenters. The molecule has 0 saturated heterocycles. The summed E-state index contributed by atoms with van der Waals surface area (Å²) in [7, 11) is 0. The van der Waals surface area contributed by atoms with Crippen molar-refractivity contribution in [2.45, 2.75) is 38.5 Å². The van der Waals surface area contributed by atoms with Gasteiger partial charge in [0.25, 0.3) is 0 Å². The first-order chi connectivity index (χ1) is 10.5. The lowest BCUT2D eigenvalue weighted by molar-refractivity contribution is -0.138. The molecule has 1 aromatic rings. The lowest BCUT2D eigenvalue weighted by atomic mass is 9.96. The van der Waals surface area contributed by atoms with Gasteiger partial charge in [0.05, 0.1) is 6.42 Å². The van der Waals surface area contributed by atoms with Crippen LogP contribution in [0, 0.1) is 0 Å². The molecule has 1 aromatic carbocycles. The molecule has 1 atom stereocenters. The molecule has 0 radical (unpaired) electrons. The largest absolute Gasteiger partial charge is 0.481 e. The van der Waals surface area contributed by atoms with Gasteiger partial charge < -0.3 is 10.2 Å². The summed E-state index contributed by atoms with van der Waals surface area (Å²) in [4.78, 5) is 20.4. The molecule has 0 fully saturated rings. The second-order valence-corrected chi connectivity index (χ2v) is 4.66. The minimum atomic E-state index is -0.797. The van der Waals surface area contributed by atoms with Crippen molar-refractivity contribution in [3.05, 3.63) is 60.7 Å². The van der Waals surface area contributed by atoms with Gasteiger partial charge in [-0.05, 0) is 18.4 Å².